The summed E-state index contributed by atoms with van der Waals surface area (Å²) in [5.74, 6) is -0.170. The van der Waals surface area contributed by atoms with Crippen LogP contribution in [0, 0.1) is 5.82 Å². The molecule has 3 rings (SSSR count). The highest BCUT2D eigenvalue weighted by molar-refractivity contribution is 6.09. The highest BCUT2D eigenvalue weighted by atomic mass is 19.1. The van der Waals surface area contributed by atoms with Gasteiger partial charge in [-0.25, -0.2) is 4.39 Å². The van der Waals surface area contributed by atoms with Gasteiger partial charge in [0.25, 0.3) is 5.91 Å². The van der Waals surface area contributed by atoms with Crippen molar-refractivity contribution in [1.29, 1.82) is 0 Å². The van der Waals surface area contributed by atoms with Crippen molar-refractivity contribution in [2.24, 2.45) is 0 Å². The van der Waals surface area contributed by atoms with E-state index in [0.717, 1.165) is 25.7 Å². The van der Waals surface area contributed by atoms with Crippen molar-refractivity contribution in [3.63, 3.8) is 0 Å². The molecule has 0 bridgehead atoms. The zero-order valence-corrected chi connectivity index (χ0v) is 14.7. The second kappa shape index (κ2) is 8.13. The van der Waals surface area contributed by atoms with E-state index in [0.29, 0.717) is 16.9 Å². The molecule has 1 aliphatic carbocycles. The molecule has 1 N–H and O–H groups in total. The van der Waals surface area contributed by atoms with E-state index in [9.17, 15) is 14.0 Å². The number of hydrogen-bond donors (Lipinski definition) is 1. The lowest BCUT2D eigenvalue weighted by molar-refractivity contribution is -0.127. The van der Waals surface area contributed by atoms with Crippen molar-refractivity contribution in [3.05, 3.63) is 65.5 Å². The van der Waals surface area contributed by atoms with Gasteiger partial charge in [-0.15, -0.1) is 0 Å². The van der Waals surface area contributed by atoms with Crippen molar-refractivity contribution in [3.8, 4) is 5.75 Å². The molecule has 1 amide bonds. The molecule has 1 aliphatic rings. The van der Waals surface area contributed by atoms with Crippen LogP contribution in [0.2, 0.25) is 0 Å². The van der Waals surface area contributed by atoms with Crippen LogP contribution in [0.4, 0.5) is 4.39 Å². The molecule has 0 aliphatic heterocycles. The summed E-state index contributed by atoms with van der Waals surface area (Å²) < 4.78 is 18.6. The van der Waals surface area contributed by atoms with Gasteiger partial charge in [0.15, 0.2) is 11.9 Å². The topological polar surface area (TPSA) is 55.4 Å². The van der Waals surface area contributed by atoms with Crippen LogP contribution in [0.25, 0.3) is 0 Å². The summed E-state index contributed by atoms with van der Waals surface area (Å²) in [6.07, 6.45) is 3.76. The molecule has 2 aromatic rings. The molecule has 2 aromatic carbocycles. The Kier molecular flexibility index (Phi) is 5.66. The van der Waals surface area contributed by atoms with E-state index >= 15 is 0 Å². The minimum Gasteiger partial charge on any atom is -0.481 e. The van der Waals surface area contributed by atoms with Gasteiger partial charge in [-0.1, -0.05) is 12.8 Å². The Hall–Kier alpha value is -2.69. The minimum atomic E-state index is -0.603. The van der Waals surface area contributed by atoms with Crippen LogP contribution in [0.3, 0.4) is 0 Å². The highest BCUT2D eigenvalue weighted by Crippen LogP contribution is 2.19. The maximum atomic E-state index is 13.0. The van der Waals surface area contributed by atoms with Gasteiger partial charge in [-0.05, 0) is 68.3 Å². The van der Waals surface area contributed by atoms with Crippen LogP contribution in [0.5, 0.6) is 5.75 Å². The molecule has 1 fully saturated rings. The first-order valence-corrected chi connectivity index (χ1v) is 8.90. The lowest BCUT2D eigenvalue weighted by Crippen LogP contribution is -2.41. The largest absolute Gasteiger partial charge is 0.481 e. The lowest BCUT2D eigenvalue weighted by atomic mass is 10.0. The molecular weight excluding hydrogens is 333 g/mol. The Morgan fingerprint density at radius 2 is 1.54 bits per heavy atom. The summed E-state index contributed by atoms with van der Waals surface area (Å²) in [5.41, 5.74) is 0.899. The summed E-state index contributed by atoms with van der Waals surface area (Å²) >= 11 is 0. The van der Waals surface area contributed by atoms with Crippen molar-refractivity contribution in [2.75, 3.05) is 0 Å². The monoisotopic (exact) mass is 355 g/mol. The van der Waals surface area contributed by atoms with Crippen LogP contribution in [-0.2, 0) is 4.79 Å². The van der Waals surface area contributed by atoms with Gasteiger partial charge in [0, 0.05) is 17.2 Å². The number of ketones is 1. The maximum Gasteiger partial charge on any atom is 0.260 e. The Labute approximate surface area is 152 Å². The molecule has 0 heterocycles. The Balaban J connectivity index is 1.59. The molecule has 26 heavy (non-hydrogen) atoms. The SMILES string of the molecule is C[C@@H](Oc1ccc(C(=O)c2ccc(F)cc2)cc1)C(=O)NC1CCCC1. The molecule has 5 heteroatoms. The third-order valence-electron chi connectivity index (χ3n) is 4.61. The second-order valence-corrected chi connectivity index (χ2v) is 6.61. The Bertz CT molecular complexity index is 765. The third kappa shape index (κ3) is 4.48. The number of nitrogens with one attached hydrogen (secondary N) is 1. The van der Waals surface area contributed by atoms with Gasteiger partial charge in [0.2, 0.25) is 0 Å². The fourth-order valence-corrected chi connectivity index (χ4v) is 3.10. The van der Waals surface area contributed by atoms with Crippen molar-refractivity contribution < 1.29 is 18.7 Å². The number of rotatable bonds is 6. The van der Waals surface area contributed by atoms with E-state index in [1.54, 1.807) is 31.2 Å². The van der Waals surface area contributed by atoms with E-state index in [1.807, 2.05) is 0 Å². The second-order valence-electron chi connectivity index (χ2n) is 6.61. The van der Waals surface area contributed by atoms with Crippen LogP contribution < -0.4 is 10.1 Å². The molecule has 4 nitrogen and oxygen atoms in total. The van der Waals surface area contributed by atoms with E-state index in [1.165, 1.54) is 24.3 Å². The molecule has 0 unspecified atom stereocenters. The van der Waals surface area contributed by atoms with Crippen LogP contribution in [-0.4, -0.2) is 23.8 Å². The summed E-state index contributed by atoms with van der Waals surface area (Å²) in [4.78, 5) is 24.5. The molecule has 0 spiro atoms. The van der Waals surface area contributed by atoms with E-state index in [4.69, 9.17) is 4.74 Å². The highest BCUT2D eigenvalue weighted by Gasteiger charge is 2.21. The zero-order chi connectivity index (χ0) is 18.5. The Morgan fingerprint density at radius 3 is 2.12 bits per heavy atom. The average molecular weight is 355 g/mol. The third-order valence-corrected chi connectivity index (χ3v) is 4.61. The van der Waals surface area contributed by atoms with Crippen LogP contribution in [0.15, 0.2) is 48.5 Å². The van der Waals surface area contributed by atoms with E-state index in [2.05, 4.69) is 5.32 Å². The molecule has 0 aromatic heterocycles. The standard InChI is InChI=1S/C21H22FNO3/c1-14(21(25)23-18-4-2-3-5-18)26-19-12-8-16(9-13-19)20(24)15-6-10-17(22)11-7-15/h6-14,18H,2-5H2,1H3,(H,23,25)/t14-/m1/s1. The first kappa shape index (κ1) is 18.1. The smallest absolute Gasteiger partial charge is 0.260 e. The number of carbonyl (C=O) groups excluding carboxylic acids is 2. The normalized spacial score (nSPS) is 15.5. The lowest BCUT2D eigenvalue weighted by Gasteiger charge is -2.18. The van der Waals surface area contributed by atoms with Crippen LogP contribution >= 0.6 is 0 Å². The van der Waals surface area contributed by atoms with Gasteiger partial charge >= 0.3 is 0 Å². The summed E-state index contributed by atoms with van der Waals surface area (Å²) in [5, 5.41) is 3.01. The first-order valence-electron chi connectivity index (χ1n) is 8.90. The fourth-order valence-electron chi connectivity index (χ4n) is 3.10. The molecule has 0 radical (unpaired) electrons. The number of benzene rings is 2. The number of carbonyl (C=O) groups is 2. The first-order chi connectivity index (χ1) is 12.5. The van der Waals surface area contributed by atoms with Crippen molar-refractivity contribution in [1.82, 2.24) is 5.32 Å². The van der Waals surface area contributed by atoms with Gasteiger partial charge in [0.05, 0.1) is 0 Å². The van der Waals surface area contributed by atoms with Crippen molar-refractivity contribution in [2.45, 2.75) is 44.8 Å². The minimum absolute atomic E-state index is 0.122. The summed E-state index contributed by atoms with van der Waals surface area (Å²) in [7, 11) is 0. The Morgan fingerprint density at radius 1 is 1.00 bits per heavy atom. The zero-order valence-electron chi connectivity index (χ0n) is 14.7. The molecular formula is C21H22FNO3. The molecule has 1 saturated carbocycles. The predicted molar refractivity (Wildman–Crippen MR) is 96.8 cm³/mol. The summed E-state index contributed by atoms with van der Waals surface area (Å²) in [6, 6.07) is 12.3. The number of hydrogen-bond acceptors (Lipinski definition) is 3. The molecule has 0 saturated heterocycles. The quantitative estimate of drug-likeness (QED) is 0.800. The average Bonchev–Trinajstić information content (AvgIpc) is 3.15. The van der Waals surface area contributed by atoms with Gasteiger partial charge in [0.1, 0.15) is 11.6 Å². The molecule has 136 valence electrons. The van der Waals surface area contributed by atoms with Gasteiger partial charge in [-0.3, -0.25) is 9.59 Å². The van der Waals surface area contributed by atoms with Gasteiger partial charge in [-0.2, -0.15) is 0 Å². The fraction of sp³-hybridized carbons (Fsp3) is 0.333. The van der Waals surface area contributed by atoms with E-state index in [-0.39, 0.29) is 23.5 Å². The summed E-state index contributed by atoms with van der Waals surface area (Å²) in [6.45, 7) is 1.71. The van der Waals surface area contributed by atoms with Crippen LogP contribution in [0.1, 0.15) is 48.5 Å². The maximum absolute atomic E-state index is 13.0. The number of amides is 1. The predicted octanol–water partition coefficient (Wildman–Crippen LogP) is 3.88. The van der Waals surface area contributed by atoms with E-state index < -0.39 is 6.10 Å². The van der Waals surface area contributed by atoms with Gasteiger partial charge < -0.3 is 10.1 Å². The number of halogens is 1. The molecule has 1 atom stereocenters. The number of ether oxygens (including phenoxy) is 1. The van der Waals surface area contributed by atoms with Crippen molar-refractivity contribution >= 4 is 11.7 Å².